The Balaban J connectivity index is 1.86. The van der Waals surface area contributed by atoms with Crippen LogP contribution in [0.1, 0.15) is 43.2 Å². The van der Waals surface area contributed by atoms with Crippen LogP contribution in [0.4, 0.5) is 0 Å². The number of nitrogens with zero attached hydrogens (tertiary/aromatic N) is 1. The van der Waals surface area contributed by atoms with E-state index in [2.05, 4.69) is 59.4 Å². The molecule has 4 heteroatoms. The minimum absolute atomic E-state index is 0.478. The Morgan fingerprint density at radius 1 is 1.30 bits per heavy atom. The highest BCUT2D eigenvalue weighted by molar-refractivity contribution is 9.10. The molecule has 1 aromatic carbocycles. The smallest absolute Gasteiger partial charge is 0.123 e. The number of halogens is 1. The summed E-state index contributed by atoms with van der Waals surface area (Å²) in [7, 11) is 0. The quantitative estimate of drug-likeness (QED) is 0.825. The minimum Gasteiger partial charge on any atom is -0.309 e. The van der Waals surface area contributed by atoms with E-state index in [1.807, 2.05) is 11.3 Å². The lowest BCUT2D eigenvalue weighted by atomic mass is 10.1. The summed E-state index contributed by atoms with van der Waals surface area (Å²) in [4.78, 5) is 6.26. The van der Waals surface area contributed by atoms with Gasteiger partial charge in [-0.1, -0.05) is 41.9 Å². The van der Waals surface area contributed by atoms with Crippen LogP contribution in [0.2, 0.25) is 0 Å². The van der Waals surface area contributed by atoms with E-state index >= 15 is 0 Å². The van der Waals surface area contributed by atoms with E-state index < -0.39 is 0 Å². The Labute approximate surface area is 132 Å². The number of hydrogen-bond donors (Lipinski definition) is 1. The first-order valence-electron chi connectivity index (χ1n) is 7.12. The van der Waals surface area contributed by atoms with Crippen LogP contribution < -0.4 is 5.32 Å². The molecular weight excluding hydrogens is 332 g/mol. The normalized spacial score (nSPS) is 15.0. The molecule has 2 aromatic rings. The highest BCUT2D eigenvalue weighted by Crippen LogP contribution is 2.33. The summed E-state index contributed by atoms with van der Waals surface area (Å²) in [6.45, 7) is 5.41. The van der Waals surface area contributed by atoms with Crippen LogP contribution in [0.5, 0.6) is 0 Å². The van der Waals surface area contributed by atoms with Crippen LogP contribution in [0.25, 0.3) is 10.6 Å². The first-order chi connectivity index (χ1) is 9.63. The third kappa shape index (κ3) is 3.30. The molecule has 1 aliphatic rings. The van der Waals surface area contributed by atoms with Crippen LogP contribution in [-0.2, 0) is 6.54 Å². The molecule has 1 saturated carbocycles. The van der Waals surface area contributed by atoms with Crippen molar-refractivity contribution in [2.75, 3.05) is 0 Å². The molecule has 106 valence electrons. The average molecular weight is 351 g/mol. The summed E-state index contributed by atoms with van der Waals surface area (Å²) in [5.74, 6) is 0.478. The van der Waals surface area contributed by atoms with Gasteiger partial charge in [0, 0.05) is 27.5 Å². The van der Waals surface area contributed by atoms with Gasteiger partial charge in [0.15, 0.2) is 0 Å². The highest BCUT2D eigenvalue weighted by atomic mass is 79.9. The van der Waals surface area contributed by atoms with Gasteiger partial charge in [-0.25, -0.2) is 4.98 Å². The zero-order chi connectivity index (χ0) is 14.1. The number of aromatic nitrogens is 1. The van der Waals surface area contributed by atoms with E-state index in [9.17, 15) is 0 Å². The molecule has 0 aliphatic heterocycles. The molecule has 0 unspecified atom stereocenters. The lowest BCUT2D eigenvalue weighted by Crippen LogP contribution is -2.15. The molecule has 1 aliphatic carbocycles. The molecule has 1 heterocycles. The summed E-state index contributed by atoms with van der Waals surface area (Å²) in [5.41, 5.74) is 2.46. The first kappa shape index (κ1) is 14.2. The average Bonchev–Trinajstić information content (AvgIpc) is 3.15. The Morgan fingerprint density at radius 3 is 2.60 bits per heavy atom. The van der Waals surface area contributed by atoms with Crippen LogP contribution in [-0.4, -0.2) is 11.0 Å². The molecule has 1 aromatic heterocycles. The summed E-state index contributed by atoms with van der Waals surface area (Å²) in [6, 6.07) is 9.16. The van der Waals surface area contributed by atoms with Gasteiger partial charge >= 0.3 is 0 Å². The van der Waals surface area contributed by atoms with E-state index in [1.54, 1.807) is 0 Å². The molecule has 0 spiro atoms. The maximum Gasteiger partial charge on any atom is 0.123 e. The second kappa shape index (κ2) is 5.96. The number of thiazole rings is 1. The predicted octanol–water partition coefficient (Wildman–Crippen LogP) is 4.95. The summed E-state index contributed by atoms with van der Waals surface area (Å²) >= 11 is 5.31. The minimum atomic E-state index is 0.478. The van der Waals surface area contributed by atoms with E-state index in [1.165, 1.54) is 29.0 Å². The molecule has 3 rings (SSSR count). The molecule has 0 bridgehead atoms. The van der Waals surface area contributed by atoms with E-state index in [4.69, 9.17) is 4.98 Å². The molecule has 0 saturated heterocycles. The highest BCUT2D eigenvalue weighted by Gasteiger charge is 2.22. The maximum absolute atomic E-state index is 4.87. The summed E-state index contributed by atoms with van der Waals surface area (Å²) < 4.78 is 1.11. The second-order valence-corrected chi connectivity index (χ2v) is 7.64. The monoisotopic (exact) mass is 350 g/mol. The van der Waals surface area contributed by atoms with Crippen molar-refractivity contribution in [1.29, 1.82) is 0 Å². The van der Waals surface area contributed by atoms with Crippen molar-refractivity contribution in [3.8, 4) is 10.6 Å². The maximum atomic E-state index is 4.87. The topological polar surface area (TPSA) is 24.9 Å². The Kier molecular flexibility index (Phi) is 4.24. The molecule has 0 radical (unpaired) electrons. The van der Waals surface area contributed by atoms with E-state index in [0.717, 1.165) is 22.1 Å². The number of hydrogen-bond acceptors (Lipinski definition) is 3. The van der Waals surface area contributed by atoms with Crippen LogP contribution >= 0.6 is 27.3 Å². The van der Waals surface area contributed by atoms with Crippen molar-refractivity contribution in [3.05, 3.63) is 39.3 Å². The Bertz CT molecular complexity index is 585. The fraction of sp³-hybridized carbons (Fsp3) is 0.438. The summed E-state index contributed by atoms with van der Waals surface area (Å²) in [6.07, 6.45) is 2.66. The van der Waals surface area contributed by atoms with Crippen molar-refractivity contribution in [3.63, 3.8) is 0 Å². The van der Waals surface area contributed by atoms with E-state index in [-0.39, 0.29) is 0 Å². The van der Waals surface area contributed by atoms with Crippen molar-refractivity contribution in [2.24, 2.45) is 0 Å². The zero-order valence-electron chi connectivity index (χ0n) is 11.8. The second-order valence-electron chi connectivity index (χ2n) is 5.64. The third-order valence-electron chi connectivity index (χ3n) is 3.49. The lowest BCUT2D eigenvalue weighted by Gasteiger charge is -2.05. The first-order valence-corrected chi connectivity index (χ1v) is 8.73. The van der Waals surface area contributed by atoms with Gasteiger partial charge in [0.1, 0.15) is 5.01 Å². The number of benzene rings is 1. The third-order valence-corrected chi connectivity index (χ3v) is 5.14. The van der Waals surface area contributed by atoms with Gasteiger partial charge in [-0.15, -0.1) is 11.3 Å². The molecule has 1 fully saturated rings. The van der Waals surface area contributed by atoms with Crippen molar-refractivity contribution >= 4 is 27.3 Å². The van der Waals surface area contributed by atoms with Gasteiger partial charge < -0.3 is 5.32 Å². The van der Waals surface area contributed by atoms with Gasteiger partial charge in [0.05, 0.1) is 5.69 Å². The largest absolute Gasteiger partial charge is 0.309 e. The zero-order valence-corrected chi connectivity index (χ0v) is 14.2. The number of rotatable bonds is 5. The number of nitrogens with one attached hydrogen (secondary N) is 1. The van der Waals surface area contributed by atoms with Gasteiger partial charge in [-0.3, -0.25) is 0 Å². The van der Waals surface area contributed by atoms with Gasteiger partial charge in [-0.05, 0) is 30.9 Å². The van der Waals surface area contributed by atoms with Crippen LogP contribution in [0.3, 0.4) is 0 Å². The van der Waals surface area contributed by atoms with Crippen molar-refractivity contribution < 1.29 is 0 Å². The molecule has 0 atom stereocenters. The Morgan fingerprint density at radius 2 is 2.00 bits per heavy atom. The molecular formula is C16H19BrN2S. The fourth-order valence-electron chi connectivity index (χ4n) is 2.18. The SMILES string of the molecule is CC(C)c1nc(-c2ccc(Br)cc2)sc1CNC1CC1. The van der Waals surface area contributed by atoms with Gasteiger partial charge in [-0.2, -0.15) is 0 Å². The lowest BCUT2D eigenvalue weighted by molar-refractivity contribution is 0.681. The molecule has 2 nitrogen and oxygen atoms in total. The van der Waals surface area contributed by atoms with Crippen LogP contribution in [0, 0.1) is 0 Å². The predicted molar refractivity (Wildman–Crippen MR) is 89.2 cm³/mol. The molecule has 0 amide bonds. The van der Waals surface area contributed by atoms with E-state index in [0.29, 0.717) is 5.92 Å². The standard InChI is InChI=1S/C16H19BrN2S/c1-10(2)15-14(9-18-13-7-8-13)20-16(19-15)11-3-5-12(17)6-4-11/h3-6,10,13,18H,7-9H2,1-2H3. The van der Waals surface area contributed by atoms with Gasteiger partial charge in [0.25, 0.3) is 0 Å². The fourth-order valence-corrected chi connectivity index (χ4v) is 3.62. The van der Waals surface area contributed by atoms with Crippen LogP contribution in [0.15, 0.2) is 28.7 Å². The molecule has 20 heavy (non-hydrogen) atoms. The molecule has 1 N–H and O–H groups in total. The van der Waals surface area contributed by atoms with Gasteiger partial charge in [0.2, 0.25) is 0 Å². The Hall–Kier alpha value is -0.710. The summed E-state index contributed by atoms with van der Waals surface area (Å²) in [5, 5.41) is 4.74. The van der Waals surface area contributed by atoms with Crippen molar-refractivity contribution in [1.82, 2.24) is 10.3 Å². The van der Waals surface area contributed by atoms with Crippen molar-refractivity contribution in [2.45, 2.75) is 45.2 Å².